The summed E-state index contributed by atoms with van der Waals surface area (Å²) in [7, 11) is 0. The summed E-state index contributed by atoms with van der Waals surface area (Å²) in [6, 6.07) is 6.10. The molecule has 6 nitrogen and oxygen atoms in total. The Morgan fingerprint density at radius 1 is 1.17 bits per heavy atom. The lowest BCUT2D eigenvalue weighted by Crippen LogP contribution is -2.47. The number of pyridine rings is 1. The van der Waals surface area contributed by atoms with Crippen molar-refractivity contribution in [2.75, 3.05) is 43.4 Å². The van der Waals surface area contributed by atoms with E-state index >= 15 is 0 Å². The van der Waals surface area contributed by atoms with Crippen LogP contribution in [0.5, 0.6) is 0 Å². The van der Waals surface area contributed by atoms with Gasteiger partial charge in [0.1, 0.15) is 22.3 Å². The quantitative estimate of drug-likeness (QED) is 0.715. The van der Waals surface area contributed by atoms with Crippen molar-refractivity contribution in [3.05, 3.63) is 40.7 Å². The van der Waals surface area contributed by atoms with Crippen LogP contribution in [0.15, 0.2) is 24.4 Å². The highest BCUT2D eigenvalue weighted by Crippen LogP contribution is 2.39. The van der Waals surface area contributed by atoms with Crippen molar-refractivity contribution in [3.8, 4) is 0 Å². The summed E-state index contributed by atoms with van der Waals surface area (Å²) in [6.07, 6.45) is 6.23. The highest BCUT2D eigenvalue weighted by Gasteiger charge is 2.23. The summed E-state index contributed by atoms with van der Waals surface area (Å²) in [5.41, 5.74) is 7.79. The minimum Gasteiger partial charge on any atom is -0.383 e. The second-order valence-corrected chi connectivity index (χ2v) is 9.41. The van der Waals surface area contributed by atoms with Gasteiger partial charge in [0.2, 0.25) is 0 Å². The second kappa shape index (κ2) is 7.88. The fraction of sp³-hybridized carbons (Fsp3) is 0.500. The van der Waals surface area contributed by atoms with Crippen molar-refractivity contribution in [3.63, 3.8) is 0 Å². The van der Waals surface area contributed by atoms with Crippen molar-refractivity contribution < 1.29 is 0 Å². The lowest BCUT2D eigenvalue weighted by atomic mass is 9.89. The van der Waals surface area contributed by atoms with Gasteiger partial charge in [-0.1, -0.05) is 13.0 Å². The van der Waals surface area contributed by atoms with Crippen LogP contribution in [0.25, 0.3) is 10.2 Å². The van der Waals surface area contributed by atoms with Gasteiger partial charge in [-0.25, -0.2) is 15.0 Å². The predicted octanol–water partition coefficient (Wildman–Crippen LogP) is 3.16. The lowest BCUT2D eigenvalue weighted by Gasteiger charge is -2.35. The molecule has 0 amide bonds. The number of thiophene rings is 1. The fourth-order valence-corrected chi connectivity index (χ4v) is 5.94. The van der Waals surface area contributed by atoms with E-state index in [4.69, 9.17) is 10.7 Å². The predicted molar refractivity (Wildman–Crippen MR) is 120 cm³/mol. The van der Waals surface area contributed by atoms with Gasteiger partial charge in [0.15, 0.2) is 0 Å². The summed E-state index contributed by atoms with van der Waals surface area (Å²) in [5, 5.41) is 1.13. The van der Waals surface area contributed by atoms with Crippen LogP contribution in [0.1, 0.15) is 29.6 Å². The van der Waals surface area contributed by atoms with Crippen LogP contribution in [0, 0.1) is 5.92 Å². The molecule has 5 rings (SSSR count). The smallest absolute Gasteiger partial charge is 0.136 e. The van der Waals surface area contributed by atoms with Crippen molar-refractivity contribution in [2.45, 2.75) is 32.6 Å². The molecule has 152 valence electrons. The molecule has 0 radical (unpaired) electrons. The topological polar surface area (TPSA) is 71.2 Å². The van der Waals surface area contributed by atoms with E-state index in [1.807, 2.05) is 23.6 Å². The lowest BCUT2D eigenvalue weighted by molar-refractivity contribution is 0.259. The average molecular weight is 409 g/mol. The third-order valence-corrected chi connectivity index (χ3v) is 7.37. The zero-order valence-corrected chi connectivity index (χ0v) is 17.8. The summed E-state index contributed by atoms with van der Waals surface area (Å²) in [6.45, 7) is 7.41. The molecule has 4 heterocycles. The molecule has 2 aliphatic rings. The van der Waals surface area contributed by atoms with Crippen LogP contribution in [-0.2, 0) is 19.3 Å². The van der Waals surface area contributed by atoms with E-state index < -0.39 is 0 Å². The van der Waals surface area contributed by atoms with Crippen LogP contribution >= 0.6 is 11.3 Å². The van der Waals surface area contributed by atoms with Gasteiger partial charge < -0.3 is 10.6 Å². The van der Waals surface area contributed by atoms with Crippen molar-refractivity contribution in [2.24, 2.45) is 5.92 Å². The van der Waals surface area contributed by atoms with E-state index in [-0.39, 0.29) is 0 Å². The van der Waals surface area contributed by atoms with Crippen LogP contribution in [0.4, 0.5) is 11.6 Å². The summed E-state index contributed by atoms with van der Waals surface area (Å²) in [5.74, 6) is 3.39. The molecule has 3 aromatic heterocycles. The third-order valence-electron chi connectivity index (χ3n) is 6.23. The molecular weight excluding hydrogens is 380 g/mol. The zero-order chi connectivity index (χ0) is 19.8. The first kappa shape index (κ1) is 18.8. The molecule has 1 aliphatic heterocycles. The standard InChI is InChI=1S/C22H28N6S/c1-15-5-6-16-17(14-15)29-22-20(16)21(23)25-18(26-22)7-9-27-10-12-28(13-11-27)19-4-2-3-8-24-19/h2-4,8,15H,5-7,9-14H2,1H3,(H2,23,25,26)/t15-/m1/s1. The number of fused-ring (bicyclic) bond motifs is 3. The first-order valence-electron chi connectivity index (χ1n) is 10.6. The highest BCUT2D eigenvalue weighted by atomic mass is 32.1. The van der Waals surface area contributed by atoms with Gasteiger partial charge in [-0.2, -0.15) is 0 Å². The maximum absolute atomic E-state index is 6.38. The minimum absolute atomic E-state index is 0.678. The van der Waals surface area contributed by atoms with E-state index in [2.05, 4.69) is 38.8 Å². The van der Waals surface area contributed by atoms with Crippen molar-refractivity contribution >= 4 is 33.2 Å². The average Bonchev–Trinajstić information content (AvgIpc) is 3.11. The molecule has 2 N–H and O–H groups in total. The number of hydrogen-bond donors (Lipinski definition) is 1. The van der Waals surface area contributed by atoms with Crippen LogP contribution in [-0.4, -0.2) is 52.6 Å². The Balaban J connectivity index is 1.24. The van der Waals surface area contributed by atoms with E-state index in [0.717, 1.165) is 79.8 Å². The molecule has 7 heteroatoms. The van der Waals surface area contributed by atoms with Gasteiger partial charge in [-0.3, -0.25) is 4.90 Å². The summed E-state index contributed by atoms with van der Waals surface area (Å²) < 4.78 is 0. The molecule has 1 aliphatic carbocycles. The Morgan fingerprint density at radius 2 is 2.03 bits per heavy atom. The number of piperazine rings is 1. The number of rotatable bonds is 4. The first-order chi connectivity index (χ1) is 14.2. The van der Waals surface area contributed by atoms with E-state index in [1.54, 1.807) is 0 Å². The molecule has 0 unspecified atom stereocenters. The SMILES string of the molecule is C[C@@H]1CCc2c(sc3nc(CCN4CCN(c5ccccn5)CC4)nc(N)c23)C1. The molecule has 1 saturated heterocycles. The van der Waals surface area contributed by atoms with E-state index in [0.29, 0.717) is 5.82 Å². The van der Waals surface area contributed by atoms with Crippen LogP contribution < -0.4 is 10.6 Å². The number of nitrogens with zero attached hydrogens (tertiary/aromatic N) is 5. The summed E-state index contributed by atoms with van der Waals surface area (Å²) >= 11 is 1.83. The Hall–Kier alpha value is -2.25. The van der Waals surface area contributed by atoms with E-state index in [9.17, 15) is 0 Å². The molecule has 29 heavy (non-hydrogen) atoms. The number of nitrogens with two attached hydrogens (primary N) is 1. The number of hydrogen-bond acceptors (Lipinski definition) is 7. The molecule has 1 atom stereocenters. The highest BCUT2D eigenvalue weighted by molar-refractivity contribution is 7.19. The first-order valence-corrected chi connectivity index (χ1v) is 11.4. The van der Waals surface area contributed by atoms with Gasteiger partial charge >= 0.3 is 0 Å². The molecule has 0 saturated carbocycles. The van der Waals surface area contributed by atoms with Crippen LogP contribution in [0.3, 0.4) is 0 Å². The molecule has 3 aromatic rings. The Labute approximate surface area is 175 Å². The molecule has 0 spiro atoms. The Bertz CT molecular complexity index is 993. The monoisotopic (exact) mass is 408 g/mol. The van der Waals surface area contributed by atoms with E-state index in [1.165, 1.54) is 16.9 Å². The summed E-state index contributed by atoms with van der Waals surface area (Å²) in [4.78, 5) is 21.4. The molecular formula is C22H28N6S. The Morgan fingerprint density at radius 3 is 2.83 bits per heavy atom. The number of nitrogen functional groups attached to an aromatic ring is 1. The molecule has 0 bridgehead atoms. The minimum atomic E-state index is 0.678. The molecule has 1 fully saturated rings. The maximum atomic E-state index is 6.38. The number of aromatic nitrogens is 3. The molecule has 0 aromatic carbocycles. The third kappa shape index (κ3) is 3.81. The van der Waals surface area contributed by atoms with Crippen LogP contribution in [0.2, 0.25) is 0 Å². The van der Waals surface area contributed by atoms with Gasteiger partial charge in [0.25, 0.3) is 0 Å². The van der Waals surface area contributed by atoms with Gasteiger partial charge in [-0.15, -0.1) is 11.3 Å². The normalized spacial score (nSPS) is 20.2. The largest absolute Gasteiger partial charge is 0.383 e. The Kier molecular flexibility index (Phi) is 5.09. The number of anilines is 2. The van der Waals surface area contributed by atoms with Crippen molar-refractivity contribution in [1.29, 1.82) is 0 Å². The van der Waals surface area contributed by atoms with Gasteiger partial charge in [-0.05, 0) is 42.9 Å². The van der Waals surface area contributed by atoms with Gasteiger partial charge in [0, 0.05) is 50.2 Å². The maximum Gasteiger partial charge on any atom is 0.136 e. The second-order valence-electron chi connectivity index (χ2n) is 8.32. The number of aryl methyl sites for hydroxylation is 1. The van der Waals surface area contributed by atoms with Gasteiger partial charge in [0.05, 0.1) is 5.39 Å². The zero-order valence-electron chi connectivity index (χ0n) is 17.0. The van der Waals surface area contributed by atoms with Crippen molar-refractivity contribution in [1.82, 2.24) is 19.9 Å². The fourth-order valence-electron chi connectivity index (χ4n) is 4.53.